The van der Waals surface area contributed by atoms with E-state index in [0.717, 1.165) is 36.7 Å². The van der Waals surface area contributed by atoms with Crippen molar-refractivity contribution in [2.24, 2.45) is 23.5 Å². The standard InChI is InChI=1S/C31H51N3O3/c1-22(2)20-28(34-30(36)21-29(35)27(32)19-18-23-10-4-3-5-11-23)31(37)33-26-16-8-14-25(15-9-17-26)24-12-6-7-13-24/h3-5,10-11,22,24-29,35H,6-9,12-21,32H2,1-2H3,(H,33,37)(H,34,36). The number of carbonyl (C=O) groups is 2. The van der Waals surface area contributed by atoms with Crippen molar-refractivity contribution >= 4 is 11.8 Å². The lowest BCUT2D eigenvalue weighted by atomic mass is 9.80. The number of hydrogen-bond acceptors (Lipinski definition) is 4. The molecule has 3 unspecified atom stereocenters. The van der Waals surface area contributed by atoms with Gasteiger partial charge in [-0.25, -0.2) is 0 Å². The summed E-state index contributed by atoms with van der Waals surface area (Å²) in [5.41, 5.74) is 7.34. The molecule has 1 aromatic rings. The Morgan fingerprint density at radius 1 is 0.946 bits per heavy atom. The molecule has 0 bridgehead atoms. The molecule has 0 saturated heterocycles. The van der Waals surface area contributed by atoms with Crippen molar-refractivity contribution in [2.45, 2.75) is 128 Å². The van der Waals surface area contributed by atoms with E-state index in [1.165, 1.54) is 51.4 Å². The fraction of sp³-hybridized carbons (Fsp3) is 0.742. The van der Waals surface area contributed by atoms with E-state index in [1.54, 1.807) is 0 Å². The number of benzene rings is 1. The van der Waals surface area contributed by atoms with Crippen LogP contribution in [-0.2, 0) is 16.0 Å². The topological polar surface area (TPSA) is 104 Å². The number of amides is 2. The third kappa shape index (κ3) is 10.4. The van der Waals surface area contributed by atoms with Crippen LogP contribution in [0.15, 0.2) is 30.3 Å². The number of nitrogens with one attached hydrogen (secondary N) is 2. The molecule has 0 radical (unpaired) electrons. The fourth-order valence-corrected chi connectivity index (χ4v) is 6.36. The van der Waals surface area contributed by atoms with E-state index in [4.69, 9.17) is 5.73 Å². The molecule has 0 aliphatic heterocycles. The van der Waals surface area contributed by atoms with Crippen molar-refractivity contribution in [1.29, 1.82) is 0 Å². The van der Waals surface area contributed by atoms with Gasteiger partial charge in [0.1, 0.15) is 6.04 Å². The molecule has 2 aliphatic carbocycles. The van der Waals surface area contributed by atoms with E-state index in [2.05, 4.69) is 24.5 Å². The third-order valence-corrected chi connectivity index (χ3v) is 8.52. The van der Waals surface area contributed by atoms with Crippen LogP contribution in [0.4, 0.5) is 0 Å². The first-order chi connectivity index (χ1) is 17.8. The summed E-state index contributed by atoms with van der Waals surface area (Å²) >= 11 is 0. The molecule has 1 aromatic carbocycles. The predicted octanol–water partition coefficient (Wildman–Crippen LogP) is 4.87. The number of aryl methyl sites for hydroxylation is 1. The second-order valence-electron chi connectivity index (χ2n) is 12.1. The molecule has 5 N–H and O–H groups in total. The lowest BCUT2D eigenvalue weighted by Gasteiger charge is -2.30. The molecule has 2 saturated carbocycles. The zero-order valence-electron chi connectivity index (χ0n) is 23.2. The Morgan fingerprint density at radius 2 is 1.54 bits per heavy atom. The van der Waals surface area contributed by atoms with Crippen molar-refractivity contribution in [3.8, 4) is 0 Å². The molecule has 6 heteroatoms. The molecule has 2 amide bonds. The second kappa shape index (κ2) is 15.5. The van der Waals surface area contributed by atoms with Crippen molar-refractivity contribution in [2.75, 3.05) is 0 Å². The molecule has 3 rings (SSSR count). The summed E-state index contributed by atoms with van der Waals surface area (Å²) in [7, 11) is 0. The van der Waals surface area contributed by atoms with Gasteiger partial charge in [0.15, 0.2) is 0 Å². The van der Waals surface area contributed by atoms with Gasteiger partial charge in [-0.05, 0) is 55.4 Å². The lowest BCUT2D eigenvalue weighted by Crippen LogP contribution is -2.51. The molecule has 2 aliphatic rings. The minimum absolute atomic E-state index is 0.0934. The van der Waals surface area contributed by atoms with E-state index >= 15 is 0 Å². The Labute approximate surface area is 224 Å². The van der Waals surface area contributed by atoms with Crippen molar-refractivity contribution in [3.63, 3.8) is 0 Å². The highest BCUT2D eigenvalue weighted by atomic mass is 16.3. The molecule has 208 valence electrons. The van der Waals surface area contributed by atoms with Gasteiger partial charge in [-0.2, -0.15) is 0 Å². The first-order valence-electron chi connectivity index (χ1n) is 14.9. The molecule has 0 aromatic heterocycles. The Hall–Kier alpha value is -1.92. The molecule has 0 heterocycles. The molecule has 6 nitrogen and oxygen atoms in total. The van der Waals surface area contributed by atoms with Crippen LogP contribution >= 0.6 is 0 Å². The van der Waals surface area contributed by atoms with Crippen LogP contribution in [0, 0.1) is 17.8 Å². The summed E-state index contributed by atoms with van der Waals surface area (Å²) in [6, 6.07) is 9.10. The number of aliphatic hydroxyl groups is 1. The maximum Gasteiger partial charge on any atom is 0.242 e. The van der Waals surface area contributed by atoms with Gasteiger partial charge in [-0.1, -0.05) is 95.5 Å². The number of rotatable bonds is 12. The first-order valence-corrected chi connectivity index (χ1v) is 14.9. The van der Waals surface area contributed by atoms with Gasteiger partial charge in [-0.15, -0.1) is 0 Å². The van der Waals surface area contributed by atoms with Crippen molar-refractivity contribution < 1.29 is 14.7 Å². The van der Waals surface area contributed by atoms with Gasteiger partial charge in [0.2, 0.25) is 11.8 Å². The minimum Gasteiger partial charge on any atom is -0.391 e. The highest BCUT2D eigenvalue weighted by molar-refractivity contribution is 5.88. The summed E-state index contributed by atoms with van der Waals surface area (Å²) in [5.74, 6) is 1.65. The lowest BCUT2D eigenvalue weighted by molar-refractivity contribution is -0.131. The van der Waals surface area contributed by atoms with Crippen LogP contribution in [-0.4, -0.2) is 41.2 Å². The highest BCUT2D eigenvalue weighted by Gasteiger charge is 2.29. The summed E-state index contributed by atoms with van der Waals surface area (Å²) in [6.45, 7) is 4.11. The molecule has 2 fully saturated rings. The Balaban J connectivity index is 1.44. The molecule has 37 heavy (non-hydrogen) atoms. The maximum absolute atomic E-state index is 13.2. The first kappa shape index (κ1) is 29.6. The van der Waals surface area contributed by atoms with Gasteiger partial charge in [0, 0.05) is 12.1 Å². The Bertz CT molecular complexity index is 799. The quantitative estimate of drug-likeness (QED) is 0.320. The van der Waals surface area contributed by atoms with Gasteiger partial charge in [-0.3, -0.25) is 9.59 Å². The summed E-state index contributed by atoms with van der Waals surface area (Å²) < 4.78 is 0. The average Bonchev–Trinajstić information content (AvgIpc) is 3.38. The van der Waals surface area contributed by atoms with Crippen LogP contribution in [0.2, 0.25) is 0 Å². The average molecular weight is 514 g/mol. The number of nitrogens with two attached hydrogens (primary N) is 1. The smallest absolute Gasteiger partial charge is 0.242 e. The van der Waals surface area contributed by atoms with E-state index in [0.29, 0.717) is 12.8 Å². The Morgan fingerprint density at radius 3 is 2.14 bits per heavy atom. The van der Waals surface area contributed by atoms with E-state index < -0.39 is 18.2 Å². The van der Waals surface area contributed by atoms with E-state index in [-0.39, 0.29) is 30.2 Å². The Kier molecular flexibility index (Phi) is 12.4. The minimum atomic E-state index is -0.940. The number of aliphatic hydroxyl groups excluding tert-OH is 1. The van der Waals surface area contributed by atoms with Crippen LogP contribution < -0.4 is 16.4 Å². The zero-order chi connectivity index (χ0) is 26.6. The fourth-order valence-electron chi connectivity index (χ4n) is 6.36. The van der Waals surface area contributed by atoms with Crippen LogP contribution in [0.5, 0.6) is 0 Å². The van der Waals surface area contributed by atoms with Gasteiger partial charge in [0.25, 0.3) is 0 Å². The monoisotopic (exact) mass is 513 g/mol. The van der Waals surface area contributed by atoms with Crippen molar-refractivity contribution in [3.05, 3.63) is 35.9 Å². The third-order valence-electron chi connectivity index (χ3n) is 8.52. The summed E-state index contributed by atoms with van der Waals surface area (Å²) in [6.07, 6.45) is 13.5. The zero-order valence-corrected chi connectivity index (χ0v) is 23.2. The highest BCUT2D eigenvalue weighted by Crippen LogP contribution is 2.38. The van der Waals surface area contributed by atoms with Crippen LogP contribution in [0.25, 0.3) is 0 Å². The van der Waals surface area contributed by atoms with Crippen LogP contribution in [0.3, 0.4) is 0 Å². The molecule has 0 spiro atoms. The SMILES string of the molecule is CC(C)CC(NC(=O)CC(O)C(N)CCc1ccccc1)C(=O)NC1CCCC(C2CCCC2)CCC1. The summed E-state index contributed by atoms with van der Waals surface area (Å²) in [4.78, 5) is 26.0. The molecular weight excluding hydrogens is 462 g/mol. The molecular formula is C31H51N3O3. The second-order valence-corrected chi connectivity index (χ2v) is 12.1. The van der Waals surface area contributed by atoms with Crippen LogP contribution in [0.1, 0.15) is 103 Å². The normalized spacial score (nSPS) is 23.6. The van der Waals surface area contributed by atoms with Gasteiger partial charge < -0.3 is 21.5 Å². The van der Waals surface area contributed by atoms with E-state index in [9.17, 15) is 14.7 Å². The van der Waals surface area contributed by atoms with Gasteiger partial charge in [0.05, 0.1) is 12.5 Å². The maximum atomic E-state index is 13.2. The predicted molar refractivity (Wildman–Crippen MR) is 150 cm³/mol. The van der Waals surface area contributed by atoms with Crippen molar-refractivity contribution in [1.82, 2.24) is 10.6 Å². The molecule has 3 atom stereocenters. The largest absolute Gasteiger partial charge is 0.391 e. The van der Waals surface area contributed by atoms with Gasteiger partial charge >= 0.3 is 0 Å². The number of hydrogen-bond donors (Lipinski definition) is 4. The van der Waals surface area contributed by atoms with E-state index in [1.807, 2.05) is 30.3 Å². The summed E-state index contributed by atoms with van der Waals surface area (Å²) in [5, 5.41) is 16.7. The number of carbonyl (C=O) groups excluding carboxylic acids is 2.